The minimum Gasteiger partial charge on any atom is -0.325 e. The molecule has 0 aliphatic heterocycles. The summed E-state index contributed by atoms with van der Waals surface area (Å²) in [4.78, 5) is 10.9. The van der Waals surface area contributed by atoms with Gasteiger partial charge in [-0.25, -0.2) is 0 Å². The zero-order chi connectivity index (χ0) is 13.9. The van der Waals surface area contributed by atoms with Crippen LogP contribution in [-0.2, 0) is 14.9 Å². The molecule has 8 heteroatoms. The molecule has 0 heterocycles. The molecule has 1 rings (SSSR count). The van der Waals surface area contributed by atoms with Gasteiger partial charge in [-0.15, -0.1) is 0 Å². The highest BCUT2D eigenvalue weighted by Gasteiger charge is 2.17. The third-order valence-corrected chi connectivity index (χ3v) is 5.41. The molecule has 0 spiro atoms. The van der Waals surface area contributed by atoms with E-state index in [1.54, 1.807) is 13.0 Å². The second kappa shape index (κ2) is 6.14. The van der Waals surface area contributed by atoms with Crippen molar-refractivity contribution >= 4 is 53.6 Å². The van der Waals surface area contributed by atoms with Crippen LogP contribution in [0.2, 0.25) is 0 Å². The summed E-state index contributed by atoms with van der Waals surface area (Å²) in [6.07, 6.45) is 0. The first-order valence-corrected chi connectivity index (χ1v) is 8.32. The normalized spacial score (nSPS) is 13.1. The average Bonchev–Trinajstić information content (AvgIpc) is 2.29. The second-order valence-corrected chi connectivity index (χ2v) is 6.71. The van der Waals surface area contributed by atoms with Crippen LogP contribution < -0.4 is 5.32 Å². The van der Waals surface area contributed by atoms with E-state index < -0.39 is 14.9 Å². The fourth-order valence-corrected chi connectivity index (χ4v) is 2.41. The smallest absolute Gasteiger partial charge is 0.294 e. The van der Waals surface area contributed by atoms with E-state index >= 15 is 0 Å². The predicted molar refractivity (Wildman–Crippen MR) is 76.1 cm³/mol. The number of carbonyl (C=O) groups excluding carboxylic acids is 1. The molecule has 1 atom stereocenters. The summed E-state index contributed by atoms with van der Waals surface area (Å²) in [5.41, 5.74) is 0.718. The first kappa shape index (κ1) is 15.6. The molecule has 0 radical (unpaired) electrons. The number of halogens is 2. The lowest BCUT2D eigenvalue weighted by Crippen LogP contribution is -2.23. The summed E-state index contributed by atoms with van der Waals surface area (Å²) in [7, 11) is -4.29. The molecule has 2 N–H and O–H groups in total. The Morgan fingerprint density at radius 3 is 2.61 bits per heavy atom. The number of hydrogen-bond acceptors (Lipinski definition) is 3. The maximum atomic E-state index is 11.6. The van der Waals surface area contributed by atoms with Crippen LogP contribution in [0, 0.1) is 6.92 Å². The van der Waals surface area contributed by atoms with Crippen molar-refractivity contribution in [1.82, 2.24) is 0 Å². The molecule has 0 aliphatic carbocycles. The van der Waals surface area contributed by atoms with E-state index in [9.17, 15) is 13.2 Å². The van der Waals surface area contributed by atoms with Crippen molar-refractivity contribution in [3.8, 4) is 0 Å². The Labute approximate surface area is 122 Å². The van der Waals surface area contributed by atoms with Crippen LogP contribution in [-0.4, -0.2) is 29.0 Å². The minimum atomic E-state index is -4.29. The molecule has 100 valence electrons. The molecule has 5 nitrogen and oxygen atoms in total. The van der Waals surface area contributed by atoms with Crippen molar-refractivity contribution < 1.29 is 17.8 Å². The molecule has 0 aromatic heterocycles. The van der Waals surface area contributed by atoms with E-state index in [1.807, 2.05) is 0 Å². The summed E-state index contributed by atoms with van der Waals surface area (Å²) in [6, 6.07) is 4.29. The highest BCUT2D eigenvalue weighted by atomic mass is 79.9. The van der Waals surface area contributed by atoms with Gasteiger partial charge in [0.25, 0.3) is 10.1 Å². The average molecular weight is 401 g/mol. The van der Waals surface area contributed by atoms with E-state index in [-0.39, 0.29) is 10.8 Å². The molecule has 0 bridgehead atoms. The quantitative estimate of drug-likeness (QED) is 0.600. The van der Waals surface area contributed by atoms with Gasteiger partial charge in [-0.2, -0.15) is 8.42 Å². The minimum absolute atomic E-state index is 0.217. The lowest BCUT2D eigenvalue weighted by molar-refractivity contribution is -0.115. The molecule has 1 aromatic rings. The molecule has 1 amide bonds. The van der Waals surface area contributed by atoms with Gasteiger partial charge in [-0.3, -0.25) is 9.35 Å². The number of alkyl halides is 2. The number of hydrogen-bond donors (Lipinski definition) is 2. The molecule has 0 fully saturated rings. The third kappa shape index (κ3) is 4.04. The lowest BCUT2D eigenvalue weighted by atomic mass is 10.2. The van der Waals surface area contributed by atoms with Gasteiger partial charge < -0.3 is 5.32 Å². The van der Waals surface area contributed by atoms with Crippen LogP contribution >= 0.6 is 31.9 Å². The Bertz CT molecular complexity index is 559. The first-order chi connectivity index (χ1) is 8.25. The van der Waals surface area contributed by atoms with Gasteiger partial charge >= 0.3 is 0 Å². The van der Waals surface area contributed by atoms with Crippen molar-refractivity contribution in [3.63, 3.8) is 0 Å². The molecule has 0 aliphatic rings. The van der Waals surface area contributed by atoms with E-state index in [1.165, 1.54) is 12.1 Å². The van der Waals surface area contributed by atoms with E-state index in [2.05, 4.69) is 37.2 Å². The van der Waals surface area contributed by atoms with E-state index in [0.717, 1.165) is 0 Å². The van der Waals surface area contributed by atoms with Crippen molar-refractivity contribution in [2.24, 2.45) is 0 Å². The van der Waals surface area contributed by atoms with Crippen LogP contribution in [0.3, 0.4) is 0 Å². The van der Waals surface area contributed by atoms with Gasteiger partial charge in [-0.05, 0) is 24.6 Å². The lowest BCUT2D eigenvalue weighted by Gasteiger charge is -2.10. The van der Waals surface area contributed by atoms with Gasteiger partial charge in [0.1, 0.15) is 4.83 Å². The second-order valence-electron chi connectivity index (χ2n) is 3.57. The topological polar surface area (TPSA) is 83.5 Å². The Morgan fingerprint density at radius 2 is 2.11 bits per heavy atom. The summed E-state index contributed by atoms with van der Waals surface area (Å²) in [5, 5.41) is 2.97. The van der Waals surface area contributed by atoms with Crippen LogP contribution in [0.25, 0.3) is 0 Å². The van der Waals surface area contributed by atoms with Crippen molar-refractivity contribution in [2.45, 2.75) is 16.6 Å². The summed E-state index contributed by atoms with van der Waals surface area (Å²) >= 11 is 6.29. The fraction of sp³-hybridized carbons (Fsp3) is 0.300. The highest BCUT2D eigenvalue weighted by molar-refractivity contribution is 9.12. The molecule has 1 aromatic carbocycles. The first-order valence-electron chi connectivity index (χ1n) is 4.84. The molecule has 0 saturated carbocycles. The number of benzene rings is 1. The molecular weight excluding hydrogens is 390 g/mol. The number of amides is 1. The fourth-order valence-electron chi connectivity index (χ4n) is 1.25. The zero-order valence-electron chi connectivity index (χ0n) is 9.35. The van der Waals surface area contributed by atoms with Crippen molar-refractivity contribution in [1.29, 1.82) is 0 Å². The van der Waals surface area contributed by atoms with Crippen LogP contribution in [0.4, 0.5) is 5.69 Å². The van der Waals surface area contributed by atoms with Crippen LogP contribution in [0.15, 0.2) is 23.1 Å². The van der Waals surface area contributed by atoms with E-state index in [0.29, 0.717) is 16.6 Å². The maximum Gasteiger partial charge on any atom is 0.294 e. The summed E-state index contributed by atoms with van der Waals surface area (Å²) < 4.78 is 31.2. The Hall–Kier alpha value is -0.440. The summed E-state index contributed by atoms with van der Waals surface area (Å²) in [5.74, 6) is -0.308. The van der Waals surface area contributed by atoms with Gasteiger partial charge in [-0.1, -0.05) is 37.9 Å². The number of aryl methyl sites for hydroxylation is 1. The maximum absolute atomic E-state index is 11.6. The molecule has 1 unspecified atom stereocenters. The van der Waals surface area contributed by atoms with Gasteiger partial charge in [0.15, 0.2) is 0 Å². The van der Waals surface area contributed by atoms with E-state index in [4.69, 9.17) is 4.55 Å². The van der Waals surface area contributed by atoms with Crippen molar-refractivity contribution in [2.75, 3.05) is 10.6 Å². The van der Waals surface area contributed by atoms with Gasteiger partial charge in [0.2, 0.25) is 5.91 Å². The van der Waals surface area contributed by atoms with Crippen molar-refractivity contribution in [3.05, 3.63) is 23.8 Å². The zero-order valence-corrected chi connectivity index (χ0v) is 13.3. The van der Waals surface area contributed by atoms with Crippen LogP contribution in [0.1, 0.15) is 5.56 Å². The number of nitrogens with one attached hydrogen (secondary N) is 1. The largest absolute Gasteiger partial charge is 0.325 e. The monoisotopic (exact) mass is 399 g/mol. The summed E-state index contributed by atoms with van der Waals surface area (Å²) in [6.45, 7) is 1.56. The predicted octanol–water partition coefficient (Wildman–Crippen LogP) is 2.34. The Morgan fingerprint density at radius 1 is 1.50 bits per heavy atom. The SMILES string of the molecule is Cc1ccc(NC(=O)C(Br)CBr)cc1S(=O)(=O)O. The Balaban J connectivity index is 3.04. The molecule has 0 saturated heterocycles. The third-order valence-electron chi connectivity index (χ3n) is 2.15. The molecular formula is C10H11Br2NO4S. The Kier molecular flexibility index (Phi) is 5.32. The van der Waals surface area contributed by atoms with Gasteiger partial charge in [0.05, 0.1) is 4.90 Å². The van der Waals surface area contributed by atoms with Gasteiger partial charge in [0, 0.05) is 11.0 Å². The van der Waals surface area contributed by atoms with Crippen LogP contribution in [0.5, 0.6) is 0 Å². The number of carbonyl (C=O) groups is 1. The molecule has 18 heavy (non-hydrogen) atoms. The number of anilines is 1. The standard InChI is InChI=1S/C10H11Br2NO4S/c1-6-2-3-7(4-9(6)18(15,16)17)13-10(14)8(12)5-11/h2-4,8H,5H2,1H3,(H,13,14)(H,15,16,17). The number of rotatable bonds is 4. The highest BCUT2D eigenvalue weighted by Crippen LogP contribution is 2.20.